The second kappa shape index (κ2) is 18.8. The molecule has 27 heavy (non-hydrogen) atoms. The summed E-state index contributed by atoms with van der Waals surface area (Å²) >= 11 is 0. The fourth-order valence-corrected chi connectivity index (χ4v) is 2.92. The van der Waals surface area contributed by atoms with E-state index in [1.807, 2.05) is 47.6 Å². The van der Waals surface area contributed by atoms with Crippen LogP contribution in [0.25, 0.3) is 0 Å². The van der Waals surface area contributed by atoms with Crippen molar-refractivity contribution in [3.05, 3.63) is 23.5 Å². The first-order valence-electron chi connectivity index (χ1n) is 10.2. The largest absolute Gasteiger partial charge is 0.298 e. The molecule has 0 amide bonds. The summed E-state index contributed by atoms with van der Waals surface area (Å²) in [6, 6.07) is 5.59. The highest BCUT2D eigenvalue weighted by atomic mass is 31.0. The van der Waals surface area contributed by atoms with Crippen molar-refractivity contribution in [2.45, 2.75) is 87.1 Å². The zero-order valence-electron chi connectivity index (χ0n) is 19.1. The van der Waals surface area contributed by atoms with Crippen LogP contribution in [0.2, 0.25) is 0 Å². The van der Waals surface area contributed by atoms with Crippen LogP contribution >= 0.6 is 18.5 Å². The van der Waals surface area contributed by atoms with E-state index in [-0.39, 0.29) is 11.4 Å². The predicted octanol–water partition coefficient (Wildman–Crippen LogP) is 5.85. The number of hydrogen-bond acceptors (Lipinski definition) is 2. The topological polar surface area (TPSA) is 27.0 Å². The average molecular weight is 417 g/mol. The van der Waals surface area contributed by atoms with Gasteiger partial charge in [0.15, 0.2) is 0 Å². The monoisotopic (exact) mass is 416 g/mol. The lowest BCUT2D eigenvalue weighted by Gasteiger charge is -2.35. The van der Waals surface area contributed by atoms with Crippen LogP contribution in [0.5, 0.6) is 0 Å². The minimum atomic E-state index is -0.185. The second-order valence-electron chi connectivity index (χ2n) is 6.20. The number of unbranched alkanes of at least 4 members (excludes halogenated alkanes) is 1. The molecule has 2 atom stereocenters. The first-order valence-corrected chi connectivity index (χ1v) is 11.4. The van der Waals surface area contributed by atoms with Crippen molar-refractivity contribution in [2.75, 3.05) is 13.1 Å². The van der Waals surface area contributed by atoms with Gasteiger partial charge in [0, 0.05) is 23.8 Å². The standard InChI is InChI=1S/C16H25FN2P2.3C2H6/c1-16(2,3)19(10-5-4-9-18)11-8-12-6-7-13(17)15(21)14(12)20;3*1-2/h6-7H,4-5,8,10-11,20-21H2,1-3H3;3*1-2H3. The summed E-state index contributed by atoms with van der Waals surface area (Å²) in [7, 11) is 5.11. The van der Waals surface area contributed by atoms with Gasteiger partial charge in [-0.2, -0.15) is 5.26 Å². The van der Waals surface area contributed by atoms with E-state index in [1.165, 1.54) is 6.07 Å². The minimum absolute atomic E-state index is 0.0698. The number of benzene rings is 1. The molecule has 1 aromatic rings. The molecule has 0 aliphatic heterocycles. The van der Waals surface area contributed by atoms with Crippen LogP contribution < -0.4 is 10.6 Å². The van der Waals surface area contributed by atoms with Gasteiger partial charge in [-0.05, 0) is 57.1 Å². The van der Waals surface area contributed by atoms with Gasteiger partial charge in [-0.15, -0.1) is 18.5 Å². The molecule has 1 aromatic carbocycles. The van der Waals surface area contributed by atoms with Gasteiger partial charge in [0.2, 0.25) is 0 Å². The lowest BCUT2D eigenvalue weighted by atomic mass is 10.0. The molecule has 2 nitrogen and oxygen atoms in total. The maximum absolute atomic E-state index is 13.5. The number of nitrogens with zero attached hydrogens (tertiary/aromatic N) is 2. The maximum atomic E-state index is 13.5. The zero-order valence-corrected chi connectivity index (χ0v) is 21.4. The normalized spacial score (nSPS) is 9.78. The molecule has 158 valence electrons. The van der Waals surface area contributed by atoms with Crippen LogP contribution in [-0.2, 0) is 6.42 Å². The summed E-state index contributed by atoms with van der Waals surface area (Å²) in [6.45, 7) is 20.4. The quantitative estimate of drug-likeness (QED) is 0.429. The molecule has 0 radical (unpaired) electrons. The molecule has 0 bridgehead atoms. The third kappa shape index (κ3) is 13.3. The van der Waals surface area contributed by atoms with E-state index in [0.717, 1.165) is 36.8 Å². The van der Waals surface area contributed by atoms with Gasteiger partial charge in [-0.25, -0.2) is 4.39 Å². The smallest absolute Gasteiger partial charge is 0.130 e. The van der Waals surface area contributed by atoms with Gasteiger partial charge in [0.05, 0.1) is 6.07 Å². The molecule has 0 saturated heterocycles. The molecular weight excluding hydrogens is 373 g/mol. The van der Waals surface area contributed by atoms with Crippen LogP contribution in [0.3, 0.4) is 0 Å². The van der Waals surface area contributed by atoms with E-state index in [0.29, 0.717) is 11.7 Å². The molecule has 0 N–H and O–H groups in total. The SMILES string of the molecule is CC.CC.CC.CC(C)(C)N(CCCC#N)CCc1ccc(F)c(P)c1P. The van der Waals surface area contributed by atoms with E-state index in [1.54, 1.807) is 0 Å². The molecule has 1 rings (SSSR count). The fourth-order valence-electron chi connectivity index (χ4n) is 2.26. The van der Waals surface area contributed by atoms with E-state index in [9.17, 15) is 4.39 Å². The van der Waals surface area contributed by atoms with E-state index in [2.05, 4.69) is 50.2 Å². The van der Waals surface area contributed by atoms with Gasteiger partial charge in [-0.1, -0.05) is 47.6 Å². The Bertz CT molecular complexity index is 520. The summed E-state index contributed by atoms with van der Waals surface area (Å²) in [6.07, 6.45) is 2.36. The fraction of sp³-hybridized carbons (Fsp3) is 0.682. The van der Waals surface area contributed by atoms with Crippen molar-refractivity contribution in [2.24, 2.45) is 0 Å². The molecule has 0 aliphatic carbocycles. The summed E-state index contributed by atoms with van der Waals surface area (Å²) in [5.74, 6) is -0.185. The van der Waals surface area contributed by atoms with Gasteiger partial charge in [-0.3, -0.25) is 4.90 Å². The lowest BCUT2D eigenvalue weighted by molar-refractivity contribution is 0.137. The summed E-state index contributed by atoms with van der Waals surface area (Å²) < 4.78 is 13.5. The first-order chi connectivity index (χ1) is 12.8. The van der Waals surface area contributed by atoms with Crippen molar-refractivity contribution < 1.29 is 4.39 Å². The van der Waals surface area contributed by atoms with Crippen molar-refractivity contribution in [1.82, 2.24) is 4.90 Å². The van der Waals surface area contributed by atoms with Gasteiger partial charge in [0.25, 0.3) is 0 Å². The molecular formula is C22H43FN2P2. The number of nitriles is 1. The van der Waals surface area contributed by atoms with Crippen molar-refractivity contribution in [3.8, 4) is 6.07 Å². The highest BCUT2D eigenvalue weighted by Crippen LogP contribution is 2.16. The Morgan fingerprint density at radius 3 is 1.93 bits per heavy atom. The van der Waals surface area contributed by atoms with Crippen LogP contribution in [0.15, 0.2) is 12.1 Å². The Labute approximate surface area is 173 Å². The number of halogens is 1. The Balaban J connectivity index is -0.000000869. The van der Waals surface area contributed by atoms with Crippen LogP contribution in [0.1, 0.15) is 80.7 Å². The Morgan fingerprint density at radius 1 is 0.963 bits per heavy atom. The van der Waals surface area contributed by atoms with Gasteiger partial charge in [0.1, 0.15) is 5.82 Å². The maximum Gasteiger partial charge on any atom is 0.130 e. The lowest BCUT2D eigenvalue weighted by Crippen LogP contribution is -2.43. The first kappa shape index (κ1) is 31.2. The molecule has 0 aliphatic rings. The molecule has 0 fully saturated rings. The third-order valence-corrected chi connectivity index (χ3v) is 5.24. The highest BCUT2D eigenvalue weighted by Gasteiger charge is 2.20. The van der Waals surface area contributed by atoms with E-state index >= 15 is 0 Å². The van der Waals surface area contributed by atoms with Gasteiger partial charge < -0.3 is 0 Å². The Morgan fingerprint density at radius 2 is 1.48 bits per heavy atom. The Kier molecular flexibility index (Phi) is 21.7. The van der Waals surface area contributed by atoms with Crippen molar-refractivity contribution >= 4 is 29.1 Å². The molecule has 0 heterocycles. The molecule has 0 spiro atoms. The average Bonchev–Trinajstić information content (AvgIpc) is 2.68. The van der Waals surface area contributed by atoms with Crippen LogP contribution in [0, 0.1) is 17.1 Å². The second-order valence-corrected chi connectivity index (χ2v) is 7.36. The highest BCUT2D eigenvalue weighted by molar-refractivity contribution is 7.36. The van der Waals surface area contributed by atoms with Crippen LogP contribution in [-0.4, -0.2) is 23.5 Å². The zero-order chi connectivity index (χ0) is 22.0. The van der Waals surface area contributed by atoms with E-state index < -0.39 is 0 Å². The Hall–Kier alpha value is -0.540. The number of rotatable bonds is 6. The summed E-state index contributed by atoms with van der Waals surface area (Å²) in [5.41, 5.74) is 1.22. The van der Waals surface area contributed by atoms with Crippen molar-refractivity contribution in [3.63, 3.8) is 0 Å². The molecule has 0 saturated carbocycles. The predicted molar refractivity (Wildman–Crippen MR) is 129 cm³/mol. The molecule has 0 aromatic heterocycles. The third-order valence-electron chi connectivity index (χ3n) is 3.64. The van der Waals surface area contributed by atoms with E-state index in [4.69, 9.17) is 5.26 Å². The number of hydrogen-bond donors (Lipinski definition) is 0. The molecule has 5 heteroatoms. The molecule has 2 unspecified atom stereocenters. The minimum Gasteiger partial charge on any atom is -0.298 e. The van der Waals surface area contributed by atoms with Crippen molar-refractivity contribution in [1.29, 1.82) is 5.26 Å². The summed E-state index contributed by atoms with van der Waals surface area (Å²) in [5, 5.41) is 10.2. The summed E-state index contributed by atoms with van der Waals surface area (Å²) in [4.78, 5) is 2.39. The van der Waals surface area contributed by atoms with Crippen LogP contribution in [0.4, 0.5) is 4.39 Å². The van der Waals surface area contributed by atoms with Gasteiger partial charge >= 0.3 is 0 Å².